The van der Waals surface area contributed by atoms with Gasteiger partial charge < -0.3 is 5.11 Å². The summed E-state index contributed by atoms with van der Waals surface area (Å²) >= 11 is 0. The maximum absolute atomic E-state index is 11.1. The first-order valence-electron chi connectivity index (χ1n) is 3.76. The van der Waals surface area contributed by atoms with Crippen molar-refractivity contribution in [1.82, 2.24) is 4.72 Å². The Morgan fingerprint density at radius 2 is 1.85 bits per heavy atom. The van der Waals surface area contributed by atoms with E-state index in [0.717, 1.165) is 0 Å². The van der Waals surface area contributed by atoms with Gasteiger partial charge >= 0.3 is 0 Å². The van der Waals surface area contributed by atoms with Crippen molar-refractivity contribution in [3.05, 3.63) is 30.3 Å². The van der Waals surface area contributed by atoms with Gasteiger partial charge in [0.25, 0.3) is 10.0 Å². The molecule has 1 aromatic carbocycles. The summed E-state index contributed by atoms with van der Waals surface area (Å²) in [6.45, 7) is -0.404. The number of benzene rings is 1. The van der Waals surface area contributed by atoms with Crippen molar-refractivity contribution in [3.8, 4) is 0 Å². The minimum absolute atomic E-state index is 0.331. The van der Waals surface area contributed by atoms with Crippen LogP contribution < -0.4 is 4.72 Å². The van der Waals surface area contributed by atoms with E-state index in [1.165, 1.54) is 0 Å². The molecule has 1 aromatic rings. The van der Waals surface area contributed by atoms with E-state index in [9.17, 15) is 8.42 Å². The number of hydrogen-bond donors (Lipinski definition) is 1. The molecule has 1 N–H and O–H groups in total. The lowest BCUT2D eigenvalue weighted by atomic mass is 10.3. The number of nitrogens with zero attached hydrogens (tertiary/aromatic N) is 1. The van der Waals surface area contributed by atoms with Gasteiger partial charge in [0.15, 0.2) is 0 Å². The van der Waals surface area contributed by atoms with E-state index in [2.05, 4.69) is 4.72 Å². The molecule has 0 spiro atoms. The van der Waals surface area contributed by atoms with Gasteiger partial charge in [0.05, 0.1) is 18.0 Å². The fourth-order valence-corrected chi connectivity index (χ4v) is 1.58. The lowest BCUT2D eigenvalue weighted by molar-refractivity contribution is 0.319. The molecule has 1 rings (SSSR count). The highest BCUT2D eigenvalue weighted by atomic mass is 32.2. The van der Waals surface area contributed by atoms with Gasteiger partial charge in [-0.2, -0.15) is 4.72 Å². The van der Waals surface area contributed by atoms with Gasteiger partial charge in [-0.1, -0.05) is 18.2 Å². The second-order valence-corrected chi connectivity index (χ2v) is 4.19. The maximum atomic E-state index is 11.1. The van der Waals surface area contributed by atoms with Gasteiger partial charge in [0.1, 0.15) is 0 Å². The van der Waals surface area contributed by atoms with Crippen LogP contribution in [-0.4, -0.2) is 25.9 Å². The molecule has 71 valence electrons. The van der Waals surface area contributed by atoms with Crippen molar-refractivity contribution in [2.75, 3.05) is 12.4 Å². The molecular weight excluding hydrogens is 190 g/mol. The summed E-state index contributed by atoms with van der Waals surface area (Å²) in [4.78, 5) is 0. The molecule has 0 aliphatic heterocycles. The van der Waals surface area contributed by atoms with E-state index in [1.54, 1.807) is 30.3 Å². The normalized spacial score (nSPS) is 11.2. The predicted octanol–water partition coefficient (Wildman–Crippen LogP) is 0.245. The van der Waals surface area contributed by atoms with Gasteiger partial charge in [-0.25, -0.2) is 8.42 Å². The lowest BCUT2D eigenvalue weighted by Gasteiger charge is -2.01. The average Bonchev–Trinajstić information content (AvgIpc) is 2.04. The Morgan fingerprint density at radius 3 is 2.38 bits per heavy atom. The summed E-state index contributed by atoms with van der Waals surface area (Å²) in [5, 5.41) is 8.44. The van der Waals surface area contributed by atoms with Crippen molar-refractivity contribution in [2.24, 2.45) is 0 Å². The van der Waals surface area contributed by atoms with Gasteiger partial charge in [0.2, 0.25) is 0 Å². The third kappa shape index (κ3) is 3.43. The van der Waals surface area contributed by atoms with Crippen molar-refractivity contribution < 1.29 is 13.5 Å². The Hall–Kier alpha value is -1.07. The number of aliphatic hydroxyl groups excluding tert-OH is 1. The van der Waals surface area contributed by atoms with Crippen molar-refractivity contribution in [2.45, 2.75) is 0 Å². The first-order chi connectivity index (χ1) is 6.14. The second-order valence-electron chi connectivity index (χ2n) is 2.44. The van der Waals surface area contributed by atoms with Crippen LogP contribution in [0.25, 0.3) is 0 Å². The summed E-state index contributed by atoms with van der Waals surface area (Å²) in [7, 11) is -3.51. The Labute approximate surface area is 77.3 Å². The van der Waals surface area contributed by atoms with Crippen LogP contribution >= 0.6 is 0 Å². The highest BCUT2D eigenvalue weighted by molar-refractivity contribution is 7.89. The summed E-state index contributed by atoms with van der Waals surface area (Å²) in [6.07, 6.45) is 0. The zero-order chi connectivity index (χ0) is 9.73. The molecule has 0 aliphatic rings. The quantitative estimate of drug-likeness (QED) is 0.757. The smallest absolute Gasteiger partial charge is 0.255 e. The second kappa shape index (κ2) is 4.25. The molecule has 0 bridgehead atoms. The van der Waals surface area contributed by atoms with E-state index < -0.39 is 16.6 Å². The molecule has 0 aliphatic carbocycles. The number of aliphatic hydroxyl groups is 1. The zero-order valence-corrected chi connectivity index (χ0v) is 7.74. The minimum Gasteiger partial charge on any atom is -0.395 e. The molecule has 0 atom stereocenters. The maximum Gasteiger partial charge on any atom is 0.255 e. The lowest BCUT2D eigenvalue weighted by Crippen LogP contribution is -2.17. The zero-order valence-electron chi connectivity index (χ0n) is 6.92. The van der Waals surface area contributed by atoms with Crippen LogP contribution in [0.5, 0.6) is 0 Å². The van der Waals surface area contributed by atoms with Gasteiger partial charge in [-0.15, -0.1) is 0 Å². The summed E-state index contributed by atoms with van der Waals surface area (Å²) in [5.41, 5.74) is 0.385. The van der Waals surface area contributed by atoms with E-state index in [-0.39, 0.29) is 5.75 Å². The van der Waals surface area contributed by atoms with Crippen LogP contribution in [0.4, 0.5) is 5.69 Å². The van der Waals surface area contributed by atoms with Gasteiger partial charge in [-0.05, 0) is 12.1 Å². The minimum atomic E-state index is -3.51. The molecule has 4 nitrogen and oxygen atoms in total. The van der Waals surface area contributed by atoms with Crippen molar-refractivity contribution >= 4 is 15.7 Å². The third-order valence-electron chi connectivity index (χ3n) is 1.35. The topological polar surface area (TPSA) is 68.5 Å². The Kier molecular flexibility index (Phi) is 3.27. The molecule has 0 heterocycles. The highest BCUT2D eigenvalue weighted by Gasteiger charge is 2.10. The molecule has 0 amide bonds. The fourth-order valence-electron chi connectivity index (χ4n) is 0.810. The number of hydrogen-bond acceptors (Lipinski definition) is 3. The summed E-state index contributed by atoms with van der Waals surface area (Å²) in [6, 6.07) is 8.36. The SMILES string of the molecule is O=S(=O)(CCO)[N]c1ccccc1. The predicted molar refractivity (Wildman–Crippen MR) is 49.1 cm³/mol. The molecular formula is C8H10NO3S. The third-order valence-corrected chi connectivity index (χ3v) is 2.54. The van der Waals surface area contributed by atoms with E-state index in [0.29, 0.717) is 5.69 Å². The molecule has 0 fully saturated rings. The van der Waals surface area contributed by atoms with Crippen molar-refractivity contribution in [3.63, 3.8) is 0 Å². The van der Waals surface area contributed by atoms with Crippen LogP contribution in [0, 0.1) is 0 Å². The highest BCUT2D eigenvalue weighted by Crippen LogP contribution is 2.07. The van der Waals surface area contributed by atoms with E-state index in [1.807, 2.05) is 0 Å². The van der Waals surface area contributed by atoms with E-state index in [4.69, 9.17) is 5.11 Å². The number of rotatable bonds is 4. The summed E-state index contributed by atoms with van der Waals surface area (Å²) < 4.78 is 25.6. The van der Waals surface area contributed by atoms with Crippen LogP contribution in [0.1, 0.15) is 0 Å². The Balaban J connectivity index is 2.70. The monoisotopic (exact) mass is 200 g/mol. The van der Waals surface area contributed by atoms with Crippen LogP contribution in [-0.2, 0) is 10.0 Å². The van der Waals surface area contributed by atoms with Crippen LogP contribution in [0.15, 0.2) is 30.3 Å². The first-order valence-corrected chi connectivity index (χ1v) is 5.36. The fraction of sp³-hybridized carbons (Fsp3) is 0.250. The molecule has 1 radical (unpaired) electrons. The average molecular weight is 200 g/mol. The molecule has 5 heteroatoms. The molecule has 13 heavy (non-hydrogen) atoms. The van der Waals surface area contributed by atoms with Crippen LogP contribution in [0.2, 0.25) is 0 Å². The molecule has 0 aromatic heterocycles. The van der Waals surface area contributed by atoms with Crippen molar-refractivity contribution in [1.29, 1.82) is 0 Å². The Bertz CT molecular complexity index is 347. The molecule has 0 unspecified atom stereocenters. The van der Waals surface area contributed by atoms with Gasteiger partial charge in [-0.3, -0.25) is 0 Å². The molecule has 0 saturated heterocycles. The van der Waals surface area contributed by atoms with Gasteiger partial charge in [0, 0.05) is 0 Å². The largest absolute Gasteiger partial charge is 0.395 e. The Morgan fingerprint density at radius 1 is 1.23 bits per heavy atom. The van der Waals surface area contributed by atoms with E-state index >= 15 is 0 Å². The standard InChI is InChI=1S/C8H10NO3S/c10-6-7-13(11,12)9-8-4-2-1-3-5-8/h1-5,10H,6-7H2. The number of sulfonamides is 1. The van der Waals surface area contributed by atoms with Crippen LogP contribution in [0.3, 0.4) is 0 Å². The molecule has 0 saturated carbocycles. The first kappa shape index (κ1) is 10.0. The summed E-state index contributed by atoms with van der Waals surface area (Å²) in [5.74, 6) is -0.331.